The van der Waals surface area contributed by atoms with Crippen molar-refractivity contribution in [3.63, 3.8) is 0 Å². The number of rotatable bonds is 2. The van der Waals surface area contributed by atoms with Gasteiger partial charge in [0.1, 0.15) is 5.82 Å². The Morgan fingerprint density at radius 2 is 1.88 bits per heavy atom. The van der Waals surface area contributed by atoms with Gasteiger partial charge in [-0.25, -0.2) is 9.87 Å². The smallest absolute Gasteiger partial charge is 0.275 e. The van der Waals surface area contributed by atoms with E-state index >= 15 is 0 Å². The minimum atomic E-state index is -0.620. The van der Waals surface area contributed by atoms with Gasteiger partial charge in [0.25, 0.3) is 5.91 Å². The van der Waals surface area contributed by atoms with Crippen LogP contribution in [0.1, 0.15) is 10.4 Å². The Kier molecular flexibility index (Phi) is 3.16. The van der Waals surface area contributed by atoms with Crippen molar-refractivity contribution >= 4 is 5.91 Å². The van der Waals surface area contributed by atoms with Gasteiger partial charge in [-0.2, -0.15) is 0 Å². The minimum absolute atomic E-state index is 0.292. The number of hydrogen-bond donors (Lipinski definition) is 2. The number of benzene rings is 2. The Hall–Kier alpha value is -2.20. The van der Waals surface area contributed by atoms with Crippen LogP contribution in [0, 0.1) is 5.82 Å². The molecule has 2 aromatic rings. The fourth-order valence-electron chi connectivity index (χ4n) is 1.65. The van der Waals surface area contributed by atoms with E-state index in [0.29, 0.717) is 16.7 Å². The highest BCUT2D eigenvalue weighted by atomic mass is 19.1. The number of carbonyl (C=O) groups is 1. The normalized spacial score (nSPS) is 10.0. The van der Waals surface area contributed by atoms with Crippen LogP contribution in [-0.4, -0.2) is 11.1 Å². The largest absolute Gasteiger partial charge is 0.288 e. The first-order chi connectivity index (χ1) is 8.22. The molecule has 0 saturated carbocycles. The van der Waals surface area contributed by atoms with E-state index in [0.717, 1.165) is 0 Å². The maximum atomic E-state index is 13.1. The molecule has 2 rings (SSSR count). The second-order valence-electron chi connectivity index (χ2n) is 3.50. The molecule has 0 spiro atoms. The lowest BCUT2D eigenvalue weighted by Gasteiger charge is -2.07. The lowest BCUT2D eigenvalue weighted by Crippen LogP contribution is -2.19. The zero-order valence-electron chi connectivity index (χ0n) is 8.85. The van der Waals surface area contributed by atoms with Crippen molar-refractivity contribution in [2.75, 3.05) is 0 Å². The molecule has 0 saturated heterocycles. The average molecular weight is 231 g/mol. The number of amides is 1. The molecule has 0 aliphatic rings. The molecule has 0 aliphatic carbocycles. The first-order valence-electron chi connectivity index (χ1n) is 5.02. The third-order valence-electron chi connectivity index (χ3n) is 2.41. The van der Waals surface area contributed by atoms with E-state index in [4.69, 9.17) is 5.21 Å². The molecule has 4 heteroatoms. The van der Waals surface area contributed by atoms with Crippen LogP contribution in [0.2, 0.25) is 0 Å². The molecule has 2 aromatic carbocycles. The van der Waals surface area contributed by atoms with E-state index < -0.39 is 5.91 Å². The van der Waals surface area contributed by atoms with Crippen molar-refractivity contribution in [3.8, 4) is 11.1 Å². The summed E-state index contributed by atoms with van der Waals surface area (Å²) >= 11 is 0. The van der Waals surface area contributed by atoms with Crippen LogP contribution < -0.4 is 5.48 Å². The lowest BCUT2D eigenvalue weighted by molar-refractivity contribution is 0.0707. The summed E-state index contributed by atoms with van der Waals surface area (Å²) in [6.07, 6.45) is 0. The first kappa shape index (κ1) is 11.3. The van der Waals surface area contributed by atoms with E-state index in [9.17, 15) is 9.18 Å². The van der Waals surface area contributed by atoms with Crippen molar-refractivity contribution in [2.45, 2.75) is 0 Å². The summed E-state index contributed by atoms with van der Waals surface area (Å²) < 4.78 is 13.1. The third-order valence-corrected chi connectivity index (χ3v) is 2.41. The molecular formula is C13H10FNO2. The summed E-state index contributed by atoms with van der Waals surface area (Å²) in [6.45, 7) is 0. The summed E-state index contributed by atoms with van der Waals surface area (Å²) in [4.78, 5) is 11.4. The first-order valence-corrected chi connectivity index (χ1v) is 5.02. The minimum Gasteiger partial charge on any atom is -0.288 e. The van der Waals surface area contributed by atoms with Gasteiger partial charge in [0, 0.05) is 5.56 Å². The molecule has 17 heavy (non-hydrogen) atoms. The summed E-state index contributed by atoms with van der Waals surface area (Å²) in [5.41, 5.74) is 3.02. The van der Waals surface area contributed by atoms with E-state index in [1.54, 1.807) is 41.9 Å². The molecule has 0 unspecified atom stereocenters. The van der Waals surface area contributed by atoms with Crippen molar-refractivity contribution in [1.82, 2.24) is 5.48 Å². The van der Waals surface area contributed by atoms with Gasteiger partial charge in [0.05, 0.1) is 0 Å². The summed E-state index contributed by atoms with van der Waals surface area (Å²) in [6, 6.07) is 12.6. The van der Waals surface area contributed by atoms with Crippen LogP contribution in [0.5, 0.6) is 0 Å². The highest BCUT2D eigenvalue weighted by Gasteiger charge is 2.11. The number of hydrogen-bond acceptors (Lipinski definition) is 2. The van der Waals surface area contributed by atoms with E-state index in [1.165, 1.54) is 12.1 Å². The predicted molar refractivity (Wildman–Crippen MR) is 61.1 cm³/mol. The van der Waals surface area contributed by atoms with Crippen LogP contribution in [0.4, 0.5) is 4.39 Å². The molecule has 0 radical (unpaired) electrons. The van der Waals surface area contributed by atoms with Gasteiger partial charge < -0.3 is 0 Å². The Morgan fingerprint density at radius 1 is 1.12 bits per heavy atom. The molecule has 3 nitrogen and oxygen atoms in total. The van der Waals surface area contributed by atoms with Gasteiger partial charge in [0.2, 0.25) is 0 Å². The fourth-order valence-corrected chi connectivity index (χ4v) is 1.65. The monoisotopic (exact) mass is 231 g/mol. The van der Waals surface area contributed by atoms with E-state index in [2.05, 4.69) is 0 Å². The van der Waals surface area contributed by atoms with Gasteiger partial charge >= 0.3 is 0 Å². The summed E-state index contributed by atoms with van der Waals surface area (Å²) in [7, 11) is 0. The zero-order valence-corrected chi connectivity index (χ0v) is 8.85. The number of hydroxylamine groups is 1. The van der Waals surface area contributed by atoms with Crippen molar-refractivity contribution in [3.05, 3.63) is 59.9 Å². The van der Waals surface area contributed by atoms with Gasteiger partial charge in [-0.05, 0) is 29.3 Å². The SMILES string of the molecule is O=C(NO)c1ccccc1-c1cccc(F)c1. The average Bonchev–Trinajstić information content (AvgIpc) is 2.38. The van der Waals surface area contributed by atoms with E-state index in [1.807, 2.05) is 0 Å². The van der Waals surface area contributed by atoms with Crippen LogP contribution >= 0.6 is 0 Å². The second kappa shape index (κ2) is 4.76. The maximum Gasteiger partial charge on any atom is 0.275 e. The molecule has 0 heterocycles. The highest BCUT2D eigenvalue weighted by Crippen LogP contribution is 2.24. The van der Waals surface area contributed by atoms with Crippen LogP contribution in [0.3, 0.4) is 0 Å². The number of nitrogens with one attached hydrogen (secondary N) is 1. The topological polar surface area (TPSA) is 49.3 Å². The molecular weight excluding hydrogens is 221 g/mol. The molecule has 0 fully saturated rings. The van der Waals surface area contributed by atoms with Crippen LogP contribution in [0.15, 0.2) is 48.5 Å². The Morgan fingerprint density at radius 3 is 2.59 bits per heavy atom. The van der Waals surface area contributed by atoms with Gasteiger partial charge in [-0.3, -0.25) is 10.0 Å². The standard InChI is InChI=1S/C13H10FNO2/c14-10-5-3-4-9(8-10)11-6-1-2-7-12(11)13(16)15-17/h1-8,17H,(H,15,16). The molecule has 1 amide bonds. The number of halogens is 1. The van der Waals surface area contributed by atoms with Gasteiger partial charge in [-0.15, -0.1) is 0 Å². The fraction of sp³-hybridized carbons (Fsp3) is 0. The van der Waals surface area contributed by atoms with Gasteiger partial charge in [-0.1, -0.05) is 30.3 Å². The number of carbonyl (C=O) groups excluding carboxylic acids is 1. The molecule has 2 N–H and O–H groups in total. The molecule has 0 aromatic heterocycles. The van der Waals surface area contributed by atoms with Crippen LogP contribution in [0.25, 0.3) is 11.1 Å². The van der Waals surface area contributed by atoms with E-state index in [-0.39, 0.29) is 5.82 Å². The molecule has 0 bridgehead atoms. The third kappa shape index (κ3) is 2.32. The molecule has 0 aliphatic heterocycles. The Balaban J connectivity index is 2.55. The van der Waals surface area contributed by atoms with Gasteiger partial charge in [0.15, 0.2) is 0 Å². The Bertz CT molecular complexity index is 555. The quantitative estimate of drug-likeness (QED) is 0.616. The van der Waals surface area contributed by atoms with Crippen molar-refractivity contribution in [2.24, 2.45) is 0 Å². The van der Waals surface area contributed by atoms with Crippen LogP contribution in [-0.2, 0) is 0 Å². The van der Waals surface area contributed by atoms with Crippen molar-refractivity contribution in [1.29, 1.82) is 0 Å². The maximum absolute atomic E-state index is 13.1. The molecule has 0 atom stereocenters. The zero-order chi connectivity index (χ0) is 12.3. The summed E-state index contributed by atoms with van der Waals surface area (Å²) in [5.74, 6) is -0.994. The highest BCUT2D eigenvalue weighted by molar-refractivity contribution is 6.00. The molecule has 86 valence electrons. The Labute approximate surface area is 97.5 Å². The van der Waals surface area contributed by atoms with Crippen molar-refractivity contribution < 1.29 is 14.4 Å². The lowest BCUT2D eigenvalue weighted by atomic mass is 9.99. The predicted octanol–water partition coefficient (Wildman–Crippen LogP) is 2.61. The second-order valence-corrected chi connectivity index (χ2v) is 3.50. The summed E-state index contributed by atoms with van der Waals surface area (Å²) in [5, 5.41) is 8.64.